The number of nitrogens with zero attached hydrogens (tertiary/aromatic N) is 3. The Kier molecular flexibility index (Phi) is 4.53. The Morgan fingerprint density at radius 1 is 1.26 bits per heavy atom. The molecule has 0 unspecified atom stereocenters. The Balaban J connectivity index is 1.58. The van der Waals surface area contributed by atoms with E-state index in [2.05, 4.69) is 10.1 Å². The van der Waals surface area contributed by atoms with Crippen LogP contribution in [-0.4, -0.2) is 29.7 Å². The van der Waals surface area contributed by atoms with E-state index < -0.39 is 0 Å². The molecule has 6 nitrogen and oxygen atoms in total. The van der Waals surface area contributed by atoms with E-state index in [0.29, 0.717) is 34.4 Å². The number of benzene rings is 2. The fraction of sp³-hybridized carbons (Fsp3) is 0.211. The molecule has 1 aromatic heterocycles. The van der Waals surface area contributed by atoms with Gasteiger partial charge < -0.3 is 14.2 Å². The van der Waals surface area contributed by atoms with Gasteiger partial charge in [0.1, 0.15) is 11.6 Å². The van der Waals surface area contributed by atoms with Crippen LogP contribution in [0.25, 0.3) is 11.5 Å². The van der Waals surface area contributed by atoms with Crippen LogP contribution < -0.4 is 9.64 Å². The lowest BCUT2D eigenvalue weighted by molar-refractivity contribution is -0.117. The molecule has 0 radical (unpaired) electrons. The predicted octanol–water partition coefficient (Wildman–Crippen LogP) is 4.06. The number of anilines is 1. The summed E-state index contributed by atoms with van der Waals surface area (Å²) < 4.78 is 23.8. The second kappa shape index (κ2) is 7.00. The largest absolute Gasteiger partial charge is 0.496 e. The molecule has 1 saturated heterocycles. The normalized spacial score (nSPS) is 16.8. The van der Waals surface area contributed by atoms with E-state index in [4.69, 9.17) is 20.9 Å². The molecule has 27 heavy (non-hydrogen) atoms. The Morgan fingerprint density at radius 3 is 2.78 bits per heavy atom. The second-order valence-corrected chi connectivity index (χ2v) is 6.62. The van der Waals surface area contributed by atoms with Crippen molar-refractivity contribution in [1.29, 1.82) is 0 Å². The van der Waals surface area contributed by atoms with Crippen molar-refractivity contribution < 1.29 is 18.4 Å². The summed E-state index contributed by atoms with van der Waals surface area (Å²) in [7, 11) is 1.54. The molecule has 1 aliphatic rings. The molecule has 2 heterocycles. The highest BCUT2D eigenvalue weighted by Gasteiger charge is 2.34. The third kappa shape index (κ3) is 3.38. The monoisotopic (exact) mass is 387 g/mol. The van der Waals surface area contributed by atoms with Crippen LogP contribution in [-0.2, 0) is 4.79 Å². The van der Waals surface area contributed by atoms with Crippen LogP contribution in [0.1, 0.15) is 18.2 Å². The van der Waals surface area contributed by atoms with Crippen molar-refractivity contribution in [3.8, 4) is 17.2 Å². The number of hydrogen-bond acceptors (Lipinski definition) is 5. The molecule has 1 amide bonds. The van der Waals surface area contributed by atoms with Gasteiger partial charge in [-0.1, -0.05) is 16.8 Å². The number of hydrogen-bond donors (Lipinski definition) is 0. The van der Waals surface area contributed by atoms with Gasteiger partial charge in [0.15, 0.2) is 5.82 Å². The van der Waals surface area contributed by atoms with E-state index in [1.165, 1.54) is 12.1 Å². The Labute approximate surface area is 159 Å². The zero-order valence-electron chi connectivity index (χ0n) is 14.4. The summed E-state index contributed by atoms with van der Waals surface area (Å²) in [6.07, 6.45) is 0.253. The molecule has 1 atom stereocenters. The van der Waals surface area contributed by atoms with Crippen molar-refractivity contribution in [1.82, 2.24) is 10.1 Å². The van der Waals surface area contributed by atoms with Crippen LogP contribution in [0.2, 0.25) is 5.02 Å². The van der Waals surface area contributed by atoms with E-state index in [1.54, 1.807) is 42.3 Å². The lowest BCUT2D eigenvalue weighted by Crippen LogP contribution is -2.24. The minimum absolute atomic E-state index is 0.0710. The Hall–Kier alpha value is -2.93. The van der Waals surface area contributed by atoms with Gasteiger partial charge in [-0.05, 0) is 42.5 Å². The van der Waals surface area contributed by atoms with Crippen molar-refractivity contribution >= 4 is 23.2 Å². The SMILES string of the molecule is COc1ccc(Cl)cc1-c1nc([C@@H]2CC(=O)N(c3ccc(F)cc3)C2)no1. The average Bonchev–Trinajstić information content (AvgIpc) is 3.29. The third-order valence-electron chi connectivity index (χ3n) is 4.46. The van der Waals surface area contributed by atoms with Gasteiger partial charge in [0.2, 0.25) is 5.91 Å². The predicted molar refractivity (Wildman–Crippen MR) is 97.4 cm³/mol. The maximum atomic E-state index is 13.1. The summed E-state index contributed by atoms with van der Waals surface area (Å²) in [5.74, 6) is 0.635. The van der Waals surface area contributed by atoms with Gasteiger partial charge in [-0.15, -0.1) is 0 Å². The first-order chi connectivity index (χ1) is 13.0. The second-order valence-electron chi connectivity index (χ2n) is 6.18. The quantitative estimate of drug-likeness (QED) is 0.675. The van der Waals surface area contributed by atoms with E-state index in [1.807, 2.05) is 0 Å². The number of aromatic nitrogens is 2. The molecule has 138 valence electrons. The van der Waals surface area contributed by atoms with Gasteiger partial charge in [-0.2, -0.15) is 4.98 Å². The van der Waals surface area contributed by atoms with Crippen LogP contribution >= 0.6 is 11.6 Å². The molecule has 1 aliphatic heterocycles. The molecule has 8 heteroatoms. The maximum Gasteiger partial charge on any atom is 0.261 e. The van der Waals surface area contributed by atoms with Crippen LogP contribution in [0.5, 0.6) is 5.75 Å². The summed E-state index contributed by atoms with van der Waals surface area (Å²) in [6.45, 7) is 0.399. The number of halogens is 2. The third-order valence-corrected chi connectivity index (χ3v) is 4.70. The van der Waals surface area contributed by atoms with Crippen LogP contribution in [0.15, 0.2) is 47.0 Å². The highest BCUT2D eigenvalue weighted by molar-refractivity contribution is 6.30. The molecule has 0 aliphatic carbocycles. The molecular weight excluding hydrogens is 373 g/mol. The molecule has 0 N–H and O–H groups in total. The number of carbonyl (C=O) groups is 1. The fourth-order valence-corrected chi connectivity index (χ4v) is 3.28. The number of amides is 1. The maximum absolute atomic E-state index is 13.1. The highest BCUT2D eigenvalue weighted by atomic mass is 35.5. The smallest absolute Gasteiger partial charge is 0.261 e. The lowest BCUT2D eigenvalue weighted by Gasteiger charge is -2.15. The first kappa shape index (κ1) is 17.5. The van der Waals surface area contributed by atoms with Crippen molar-refractivity contribution in [3.05, 3.63) is 59.1 Å². The van der Waals surface area contributed by atoms with Crippen LogP contribution in [0.4, 0.5) is 10.1 Å². The van der Waals surface area contributed by atoms with Crippen LogP contribution in [0, 0.1) is 5.82 Å². The van der Waals surface area contributed by atoms with Crippen molar-refractivity contribution in [2.24, 2.45) is 0 Å². The van der Waals surface area contributed by atoms with E-state index in [9.17, 15) is 9.18 Å². The minimum Gasteiger partial charge on any atom is -0.496 e. The molecule has 4 rings (SSSR count). The summed E-state index contributed by atoms with van der Waals surface area (Å²) in [5, 5.41) is 4.55. The summed E-state index contributed by atoms with van der Waals surface area (Å²) in [6, 6.07) is 10.9. The molecule has 3 aromatic rings. The first-order valence-electron chi connectivity index (χ1n) is 8.28. The zero-order chi connectivity index (χ0) is 19.0. The summed E-state index contributed by atoms with van der Waals surface area (Å²) in [5.41, 5.74) is 1.23. The van der Waals surface area contributed by atoms with E-state index in [-0.39, 0.29) is 30.0 Å². The molecule has 0 spiro atoms. The minimum atomic E-state index is -0.347. The van der Waals surface area contributed by atoms with Gasteiger partial charge in [-0.3, -0.25) is 4.79 Å². The van der Waals surface area contributed by atoms with Gasteiger partial charge in [0.05, 0.1) is 12.7 Å². The fourth-order valence-electron chi connectivity index (χ4n) is 3.11. The topological polar surface area (TPSA) is 68.5 Å². The number of rotatable bonds is 4. The summed E-state index contributed by atoms with van der Waals surface area (Å²) >= 11 is 6.05. The molecule has 2 aromatic carbocycles. The summed E-state index contributed by atoms with van der Waals surface area (Å²) in [4.78, 5) is 18.4. The standard InChI is InChI=1S/C19H15ClFN3O3/c1-26-16-7-2-12(20)9-15(16)19-22-18(23-27-19)11-8-17(25)24(10-11)14-5-3-13(21)4-6-14/h2-7,9,11H,8,10H2,1H3/t11-/m1/s1. The van der Waals surface area contributed by atoms with Gasteiger partial charge in [0.25, 0.3) is 5.89 Å². The zero-order valence-corrected chi connectivity index (χ0v) is 15.1. The van der Waals surface area contributed by atoms with Gasteiger partial charge >= 0.3 is 0 Å². The van der Waals surface area contributed by atoms with Crippen LogP contribution in [0.3, 0.4) is 0 Å². The first-order valence-corrected chi connectivity index (χ1v) is 8.66. The molecular formula is C19H15ClFN3O3. The molecule has 0 saturated carbocycles. The number of methoxy groups -OCH3 is 1. The number of ether oxygens (including phenoxy) is 1. The number of carbonyl (C=O) groups excluding carboxylic acids is 1. The highest BCUT2D eigenvalue weighted by Crippen LogP contribution is 2.34. The lowest BCUT2D eigenvalue weighted by atomic mass is 10.1. The van der Waals surface area contributed by atoms with E-state index in [0.717, 1.165) is 0 Å². The molecule has 0 bridgehead atoms. The van der Waals surface area contributed by atoms with Gasteiger partial charge in [0, 0.05) is 29.6 Å². The average molecular weight is 388 g/mol. The van der Waals surface area contributed by atoms with Crippen molar-refractivity contribution in [2.45, 2.75) is 12.3 Å². The van der Waals surface area contributed by atoms with E-state index >= 15 is 0 Å². The Morgan fingerprint density at radius 2 is 2.04 bits per heavy atom. The molecule has 1 fully saturated rings. The van der Waals surface area contributed by atoms with Crippen molar-refractivity contribution in [3.63, 3.8) is 0 Å². The Bertz CT molecular complexity index is 990. The van der Waals surface area contributed by atoms with Gasteiger partial charge in [-0.25, -0.2) is 4.39 Å². The van der Waals surface area contributed by atoms with Crippen molar-refractivity contribution in [2.75, 3.05) is 18.6 Å².